The van der Waals surface area contributed by atoms with E-state index in [9.17, 15) is 0 Å². The molecule has 0 saturated carbocycles. The molecule has 1 aromatic heterocycles. The van der Waals surface area contributed by atoms with Gasteiger partial charge in [0.15, 0.2) is 0 Å². The van der Waals surface area contributed by atoms with Crippen LogP contribution in [0, 0.1) is 27.7 Å². The van der Waals surface area contributed by atoms with Crippen LogP contribution < -0.4 is 0 Å². The van der Waals surface area contributed by atoms with Crippen LogP contribution in [-0.2, 0) is 0 Å². The van der Waals surface area contributed by atoms with Crippen LogP contribution in [-0.4, -0.2) is 9.97 Å². The molecule has 0 unspecified atom stereocenters. The number of halogens is 2. The summed E-state index contributed by atoms with van der Waals surface area (Å²) >= 11 is 4.24. The highest BCUT2D eigenvalue weighted by Crippen LogP contribution is 2.04. The van der Waals surface area contributed by atoms with Gasteiger partial charge in [0, 0.05) is 37.2 Å². The van der Waals surface area contributed by atoms with E-state index in [0.717, 1.165) is 22.8 Å². The first-order chi connectivity index (χ1) is 5.61. The van der Waals surface area contributed by atoms with Gasteiger partial charge in [0.25, 0.3) is 0 Å². The Hall–Kier alpha value is 0.540. The molecule has 0 aliphatic carbocycles. The highest BCUT2D eigenvalue weighted by molar-refractivity contribution is 15.0. The number of nitrogens with zero attached hydrogens (tertiary/aromatic N) is 2. The summed E-state index contributed by atoms with van der Waals surface area (Å²) in [7, 11) is 0. The second-order valence-electron chi connectivity index (χ2n) is 2.57. The molecule has 1 aromatic rings. The maximum absolute atomic E-state index is 4.31. The minimum absolute atomic E-state index is 1.03. The van der Waals surface area contributed by atoms with Crippen LogP contribution in [0.15, 0.2) is 0 Å². The second kappa shape index (κ2) is 6.06. The Balaban J connectivity index is 0.000000561. The first kappa shape index (κ1) is 12.5. The number of hydrogen-bond donors (Lipinski definition) is 0. The molecule has 2 nitrogen and oxygen atoms in total. The SMILES string of the molecule is Cc1nc(C)c(C)nc1C.II. The first-order valence-corrected chi connectivity index (χ1v) is 9.82. The molecule has 0 aromatic carbocycles. The monoisotopic (exact) mass is 390 g/mol. The second-order valence-corrected chi connectivity index (χ2v) is 2.57. The van der Waals surface area contributed by atoms with Gasteiger partial charge in [-0.25, -0.2) is 0 Å². The molecule has 0 bridgehead atoms. The van der Waals surface area contributed by atoms with Crippen molar-refractivity contribution >= 4 is 37.2 Å². The Morgan fingerprint density at radius 1 is 0.667 bits per heavy atom. The van der Waals surface area contributed by atoms with E-state index in [4.69, 9.17) is 0 Å². The summed E-state index contributed by atoms with van der Waals surface area (Å²) in [6.45, 7) is 7.92. The van der Waals surface area contributed by atoms with Gasteiger partial charge in [-0.1, -0.05) is 0 Å². The zero-order valence-corrected chi connectivity index (χ0v) is 12.0. The maximum atomic E-state index is 4.31. The van der Waals surface area contributed by atoms with Gasteiger partial charge >= 0.3 is 0 Å². The van der Waals surface area contributed by atoms with Gasteiger partial charge in [-0.3, -0.25) is 9.97 Å². The zero-order valence-electron chi connectivity index (χ0n) is 7.65. The molecule has 0 spiro atoms. The molecule has 12 heavy (non-hydrogen) atoms. The van der Waals surface area contributed by atoms with Crippen molar-refractivity contribution in [3.05, 3.63) is 22.8 Å². The van der Waals surface area contributed by atoms with Crippen LogP contribution in [0.5, 0.6) is 0 Å². The third kappa shape index (κ3) is 3.51. The fourth-order valence-corrected chi connectivity index (χ4v) is 0.827. The van der Waals surface area contributed by atoms with Gasteiger partial charge in [0.2, 0.25) is 0 Å². The van der Waals surface area contributed by atoms with Crippen molar-refractivity contribution < 1.29 is 0 Å². The molecular weight excluding hydrogens is 378 g/mol. The summed E-state index contributed by atoms with van der Waals surface area (Å²) in [5.74, 6) is 0. The largest absolute Gasteiger partial charge is 0.255 e. The van der Waals surface area contributed by atoms with E-state index in [1.807, 2.05) is 27.7 Å². The lowest BCUT2D eigenvalue weighted by Gasteiger charge is -2.01. The Labute approximate surface area is 96.9 Å². The fourth-order valence-electron chi connectivity index (χ4n) is 0.827. The van der Waals surface area contributed by atoms with Crippen LogP contribution in [0.3, 0.4) is 0 Å². The Bertz CT molecular complexity index is 211. The molecule has 0 aliphatic rings. The van der Waals surface area contributed by atoms with E-state index < -0.39 is 0 Å². The predicted molar refractivity (Wildman–Crippen MR) is 69.0 cm³/mol. The molecule has 0 saturated heterocycles. The van der Waals surface area contributed by atoms with Gasteiger partial charge in [-0.15, -0.1) is 0 Å². The highest BCUT2D eigenvalue weighted by atomic mass is 128. The van der Waals surface area contributed by atoms with Gasteiger partial charge in [-0.05, 0) is 27.7 Å². The average molecular weight is 390 g/mol. The lowest BCUT2D eigenvalue weighted by molar-refractivity contribution is 0.959. The summed E-state index contributed by atoms with van der Waals surface area (Å²) in [6, 6.07) is 0. The summed E-state index contributed by atoms with van der Waals surface area (Å²) < 4.78 is 0. The van der Waals surface area contributed by atoms with Gasteiger partial charge in [0.05, 0.1) is 22.8 Å². The molecular formula is C8H12I2N2. The minimum atomic E-state index is 1.03. The molecule has 0 atom stereocenters. The molecule has 0 amide bonds. The van der Waals surface area contributed by atoms with E-state index in [2.05, 4.69) is 47.2 Å². The molecule has 68 valence electrons. The lowest BCUT2D eigenvalue weighted by atomic mass is 10.3. The number of rotatable bonds is 0. The topological polar surface area (TPSA) is 25.8 Å². The van der Waals surface area contributed by atoms with E-state index in [-0.39, 0.29) is 0 Å². The number of aromatic nitrogens is 2. The zero-order chi connectivity index (χ0) is 9.72. The summed E-state index contributed by atoms with van der Waals surface area (Å²) in [5, 5.41) is 0. The summed E-state index contributed by atoms with van der Waals surface area (Å²) in [5.41, 5.74) is 4.12. The van der Waals surface area contributed by atoms with Crippen molar-refractivity contribution in [1.82, 2.24) is 9.97 Å². The summed E-state index contributed by atoms with van der Waals surface area (Å²) in [6.07, 6.45) is 0. The van der Waals surface area contributed by atoms with E-state index >= 15 is 0 Å². The van der Waals surface area contributed by atoms with Crippen LogP contribution in [0.4, 0.5) is 0 Å². The fraction of sp³-hybridized carbons (Fsp3) is 0.500. The molecule has 1 heterocycles. The van der Waals surface area contributed by atoms with Crippen LogP contribution in [0.25, 0.3) is 0 Å². The van der Waals surface area contributed by atoms with Gasteiger partial charge < -0.3 is 0 Å². The van der Waals surface area contributed by atoms with Crippen LogP contribution in [0.2, 0.25) is 0 Å². The highest BCUT2D eigenvalue weighted by Gasteiger charge is 1.98. The third-order valence-electron chi connectivity index (χ3n) is 1.72. The van der Waals surface area contributed by atoms with E-state index in [0.29, 0.717) is 0 Å². The molecule has 0 aliphatic heterocycles. The Morgan fingerprint density at radius 2 is 0.833 bits per heavy atom. The average Bonchev–Trinajstić information content (AvgIpc) is 2.05. The van der Waals surface area contributed by atoms with E-state index in [1.54, 1.807) is 0 Å². The van der Waals surface area contributed by atoms with Crippen molar-refractivity contribution in [3.63, 3.8) is 0 Å². The van der Waals surface area contributed by atoms with Crippen molar-refractivity contribution in [2.75, 3.05) is 0 Å². The molecule has 0 fully saturated rings. The molecule has 1 rings (SSSR count). The smallest absolute Gasteiger partial charge is 0.0588 e. The Morgan fingerprint density at radius 3 is 1.00 bits per heavy atom. The van der Waals surface area contributed by atoms with E-state index in [1.165, 1.54) is 0 Å². The minimum Gasteiger partial charge on any atom is -0.255 e. The third-order valence-corrected chi connectivity index (χ3v) is 1.72. The molecule has 0 N–H and O–H groups in total. The molecule has 0 radical (unpaired) electrons. The number of hydrogen-bond acceptors (Lipinski definition) is 2. The normalized spacial score (nSPS) is 8.83. The quantitative estimate of drug-likeness (QED) is 0.635. The van der Waals surface area contributed by atoms with Crippen molar-refractivity contribution in [2.45, 2.75) is 27.7 Å². The van der Waals surface area contributed by atoms with Crippen molar-refractivity contribution in [2.24, 2.45) is 0 Å². The van der Waals surface area contributed by atoms with Crippen molar-refractivity contribution in [3.8, 4) is 0 Å². The molecule has 4 heteroatoms. The van der Waals surface area contributed by atoms with Crippen LogP contribution in [0.1, 0.15) is 22.8 Å². The van der Waals surface area contributed by atoms with Crippen LogP contribution >= 0.6 is 37.2 Å². The lowest BCUT2D eigenvalue weighted by Crippen LogP contribution is -1.97. The maximum Gasteiger partial charge on any atom is 0.0588 e. The Kier molecular flexibility index (Phi) is 6.34. The van der Waals surface area contributed by atoms with Gasteiger partial charge in [0.1, 0.15) is 0 Å². The van der Waals surface area contributed by atoms with Gasteiger partial charge in [-0.2, -0.15) is 0 Å². The predicted octanol–water partition coefficient (Wildman–Crippen LogP) is 3.48. The first-order valence-electron chi connectivity index (χ1n) is 3.54. The summed E-state index contributed by atoms with van der Waals surface area (Å²) in [4.78, 5) is 8.62. The van der Waals surface area contributed by atoms with Crippen molar-refractivity contribution in [1.29, 1.82) is 0 Å². The number of aryl methyl sites for hydroxylation is 4. The standard InChI is InChI=1S/C8H12N2.I2/c1-5-6(2)10-8(4)7(3)9-5;1-2/h1-4H3;.